The summed E-state index contributed by atoms with van der Waals surface area (Å²) in [7, 11) is 0. The van der Waals surface area contributed by atoms with Gasteiger partial charge in [0.1, 0.15) is 6.10 Å². The van der Waals surface area contributed by atoms with Gasteiger partial charge < -0.3 is 19.7 Å². The molecule has 2 N–H and O–H groups in total. The van der Waals surface area contributed by atoms with Gasteiger partial charge in [0, 0.05) is 17.8 Å². The number of fused-ring (bicyclic) bond motifs is 4. The van der Waals surface area contributed by atoms with Crippen molar-refractivity contribution in [3.8, 4) is 0 Å². The van der Waals surface area contributed by atoms with Gasteiger partial charge in [0.2, 0.25) is 0 Å². The van der Waals surface area contributed by atoms with E-state index in [1.54, 1.807) is 0 Å². The summed E-state index contributed by atoms with van der Waals surface area (Å²) in [5, 5.41) is 23.3. The molecule has 0 aromatic rings. The summed E-state index contributed by atoms with van der Waals surface area (Å²) in [6, 6.07) is 0. The van der Waals surface area contributed by atoms with Crippen LogP contribution in [0.3, 0.4) is 0 Å². The highest BCUT2D eigenvalue weighted by molar-refractivity contribution is 5.66. The first-order chi connectivity index (χ1) is 17.5. The van der Waals surface area contributed by atoms with Crippen LogP contribution in [0.1, 0.15) is 114 Å². The Bertz CT molecular complexity index is 1000. The van der Waals surface area contributed by atoms with E-state index in [0.717, 1.165) is 32.1 Å². The summed E-state index contributed by atoms with van der Waals surface area (Å²) in [4.78, 5) is 12.1. The third-order valence-electron chi connectivity index (χ3n) is 14.3. The summed E-state index contributed by atoms with van der Waals surface area (Å²) >= 11 is 0. The smallest absolute Gasteiger partial charge is 0.303 e. The molecule has 1 saturated heterocycles. The number of rotatable bonds is 2. The van der Waals surface area contributed by atoms with E-state index in [-0.39, 0.29) is 52.0 Å². The van der Waals surface area contributed by atoms with Gasteiger partial charge in [-0.25, -0.2) is 0 Å². The molecule has 216 valence electrons. The normalized spacial score (nSPS) is 55.4. The van der Waals surface area contributed by atoms with Gasteiger partial charge in [-0.15, -0.1) is 0 Å². The molecule has 0 aromatic carbocycles. The van der Waals surface area contributed by atoms with E-state index < -0.39 is 6.10 Å². The molecular formula is C33H54O5. The summed E-state index contributed by atoms with van der Waals surface area (Å²) < 4.78 is 12.8. The number of hydrogen-bond donors (Lipinski definition) is 2. The van der Waals surface area contributed by atoms with Crippen LogP contribution < -0.4 is 0 Å². The second-order valence-corrected chi connectivity index (χ2v) is 17.0. The van der Waals surface area contributed by atoms with E-state index in [4.69, 9.17) is 9.47 Å². The highest BCUT2D eigenvalue weighted by atomic mass is 16.6. The fraction of sp³-hybridized carbons (Fsp3) is 0.970. The van der Waals surface area contributed by atoms with Gasteiger partial charge in [0.05, 0.1) is 24.4 Å². The molecule has 5 heteroatoms. The maximum atomic E-state index is 12.4. The van der Waals surface area contributed by atoms with Crippen LogP contribution in [0.2, 0.25) is 0 Å². The highest BCUT2D eigenvalue weighted by Gasteiger charge is 2.84. The highest BCUT2D eigenvalue weighted by Crippen LogP contribution is 2.89. The summed E-state index contributed by atoms with van der Waals surface area (Å²) in [6.07, 6.45) is 7.50. The molecule has 0 bridgehead atoms. The monoisotopic (exact) mass is 530 g/mol. The standard InChI is InChI=1S/C33H54O5/c1-18-16-20(27(28(3,4)5)37-19(2)34)38-25-24(18)30(8)14-15-33-17-32(33)13-12-23(35)29(6,7)21(32)10-11-22(33)31(30,9)26(25)36/h18,20-27,35-36H,10-17H2,1-9H3. The van der Waals surface area contributed by atoms with Crippen LogP contribution in [0, 0.1) is 56.2 Å². The molecule has 38 heavy (non-hydrogen) atoms. The van der Waals surface area contributed by atoms with Crippen molar-refractivity contribution in [1.82, 2.24) is 0 Å². The molecule has 1 aliphatic heterocycles. The molecule has 5 saturated carbocycles. The number of hydrogen-bond acceptors (Lipinski definition) is 5. The molecule has 5 nitrogen and oxygen atoms in total. The number of aliphatic hydroxyl groups is 2. The molecule has 0 aromatic heterocycles. The lowest BCUT2D eigenvalue weighted by Crippen LogP contribution is -2.59. The van der Waals surface area contributed by atoms with Crippen LogP contribution in [-0.4, -0.2) is 46.7 Å². The average molecular weight is 531 g/mol. The van der Waals surface area contributed by atoms with E-state index in [0.29, 0.717) is 34.5 Å². The van der Waals surface area contributed by atoms with Gasteiger partial charge in [-0.2, -0.15) is 0 Å². The molecule has 13 unspecified atom stereocenters. The Balaban J connectivity index is 1.35. The maximum absolute atomic E-state index is 12.4. The first-order valence-corrected chi connectivity index (χ1v) is 15.7. The largest absolute Gasteiger partial charge is 0.459 e. The van der Waals surface area contributed by atoms with Crippen molar-refractivity contribution in [2.45, 2.75) is 144 Å². The zero-order chi connectivity index (χ0) is 27.8. The Morgan fingerprint density at radius 3 is 2.24 bits per heavy atom. The van der Waals surface area contributed by atoms with E-state index in [2.05, 4.69) is 55.4 Å². The molecule has 6 aliphatic rings. The Labute approximate surface area is 230 Å². The Hall–Kier alpha value is -0.650. The third kappa shape index (κ3) is 3.13. The van der Waals surface area contributed by atoms with Crippen molar-refractivity contribution in [3.63, 3.8) is 0 Å². The lowest BCUT2D eigenvalue weighted by atomic mass is 9.41. The van der Waals surface area contributed by atoms with E-state index in [1.165, 1.54) is 26.2 Å². The quantitative estimate of drug-likeness (QED) is 0.420. The molecule has 13 atom stereocenters. The fourth-order valence-corrected chi connectivity index (χ4v) is 12.5. The number of aliphatic hydroxyl groups excluding tert-OH is 2. The minimum atomic E-state index is -0.515. The Morgan fingerprint density at radius 1 is 0.974 bits per heavy atom. The van der Waals surface area contributed by atoms with Crippen molar-refractivity contribution < 1.29 is 24.5 Å². The van der Waals surface area contributed by atoms with Gasteiger partial charge in [-0.05, 0) is 96.7 Å². The minimum absolute atomic E-state index is 0.0242. The van der Waals surface area contributed by atoms with Crippen molar-refractivity contribution in [2.75, 3.05) is 0 Å². The van der Waals surface area contributed by atoms with Gasteiger partial charge in [-0.3, -0.25) is 4.79 Å². The van der Waals surface area contributed by atoms with Crippen molar-refractivity contribution in [1.29, 1.82) is 0 Å². The van der Waals surface area contributed by atoms with Crippen LogP contribution in [0.5, 0.6) is 0 Å². The molecule has 1 heterocycles. The molecule has 5 aliphatic carbocycles. The van der Waals surface area contributed by atoms with Gasteiger partial charge in [0.15, 0.2) is 0 Å². The zero-order valence-corrected chi connectivity index (χ0v) is 25.5. The van der Waals surface area contributed by atoms with Crippen molar-refractivity contribution >= 4 is 5.97 Å². The zero-order valence-electron chi connectivity index (χ0n) is 25.5. The second-order valence-electron chi connectivity index (χ2n) is 17.0. The van der Waals surface area contributed by atoms with E-state index in [1.807, 2.05) is 0 Å². The van der Waals surface area contributed by atoms with Crippen molar-refractivity contribution in [2.24, 2.45) is 56.2 Å². The Morgan fingerprint density at radius 2 is 1.61 bits per heavy atom. The average Bonchev–Trinajstić information content (AvgIpc) is 3.44. The topological polar surface area (TPSA) is 76.0 Å². The summed E-state index contributed by atoms with van der Waals surface area (Å²) in [5.74, 6) is 1.52. The van der Waals surface area contributed by atoms with Gasteiger partial charge in [0.25, 0.3) is 0 Å². The predicted molar refractivity (Wildman–Crippen MR) is 147 cm³/mol. The SMILES string of the molecule is CC(=O)OC(C1CC(C)C2C(O1)C(O)C1(C)C3CCC4C(C)(C)C(O)CCC45CC35CCC21C)C(C)(C)C. The lowest BCUT2D eigenvalue weighted by Gasteiger charge is -2.63. The first-order valence-electron chi connectivity index (χ1n) is 15.7. The van der Waals surface area contributed by atoms with Crippen LogP contribution in [0.15, 0.2) is 0 Å². The number of carbonyl (C=O) groups is 1. The summed E-state index contributed by atoms with van der Waals surface area (Å²) in [5.41, 5.74) is 0.213. The van der Waals surface area contributed by atoms with E-state index in [9.17, 15) is 15.0 Å². The Kier molecular flexibility index (Phi) is 5.79. The summed E-state index contributed by atoms with van der Waals surface area (Å²) in [6.45, 7) is 19.7. The first kappa shape index (κ1) is 27.5. The maximum Gasteiger partial charge on any atom is 0.303 e. The molecule has 2 spiro atoms. The van der Waals surface area contributed by atoms with Crippen LogP contribution in [0.4, 0.5) is 0 Å². The van der Waals surface area contributed by atoms with Crippen LogP contribution in [-0.2, 0) is 14.3 Å². The van der Waals surface area contributed by atoms with Crippen LogP contribution in [0.25, 0.3) is 0 Å². The minimum Gasteiger partial charge on any atom is -0.459 e. The molecule has 0 amide bonds. The fourth-order valence-electron chi connectivity index (χ4n) is 12.5. The van der Waals surface area contributed by atoms with E-state index >= 15 is 0 Å². The second kappa shape index (κ2) is 8.00. The molecule has 6 fully saturated rings. The molecule has 0 radical (unpaired) electrons. The third-order valence-corrected chi connectivity index (χ3v) is 14.3. The number of esters is 1. The lowest BCUT2D eigenvalue weighted by molar-refractivity contribution is -0.204. The number of ether oxygens (including phenoxy) is 2. The van der Waals surface area contributed by atoms with Crippen LogP contribution >= 0.6 is 0 Å². The molecular weight excluding hydrogens is 476 g/mol. The predicted octanol–water partition coefficient (Wildman–Crippen LogP) is 6.14. The van der Waals surface area contributed by atoms with Gasteiger partial charge in [-0.1, -0.05) is 55.4 Å². The molecule has 6 rings (SSSR count). The van der Waals surface area contributed by atoms with Crippen molar-refractivity contribution in [3.05, 3.63) is 0 Å². The van der Waals surface area contributed by atoms with Gasteiger partial charge >= 0.3 is 5.97 Å². The number of carbonyl (C=O) groups excluding carboxylic acids is 1.